The largest absolute Gasteiger partial charge is 0.377 e. The maximum Gasteiger partial charge on any atom is 0.199 e. The maximum atomic E-state index is 13.3. The molecule has 8 heteroatoms. The maximum absolute atomic E-state index is 13.3. The zero-order chi connectivity index (χ0) is 15.0. The van der Waals surface area contributed by atoms with Gasteiger partial charge >= 0.3 is 0 Å². The summed E-state index contributed by atoms with van der Waals surface area (Å²) in [7, 11) is -3.75. The van der Waals surface area contributed by atoms with E-state index < -0.39 is 21.0 Å². The van der Waals surface area contributed by atoms with Crippen LogP contribution >= 0.6 is 11.6 Å². The van der Waals surface area contributed by atoms with E-state index in [1.807, 2.05) is 0 Å². The Hall–Kier alpha value is -1.28. The van der Waals surface area contributed by atoms with E-state index in [4.69, 9.17) is 16.3 Å². The van der Waals surface area contributed by atoms with Crippen molar-refractivity contribution in [1.82, 2.24) is 10.3 Å². The van der Waals surface area contributed by atoms with Gasteiger partial charge in [0, 0.05) is 18.1 Å². The molecule has 1 unspecified atom stereocenters. The number of sulfone groups is 1. The van der Waals surface area contributed by atoms with E-state index in [2.05, 4.69) is 10.3 Å². The molecule has 1 saturated heterocycles. The molecule has 0 aliphatic carbocycles. The molecule has 112 valence electrons. The van der Waals surface area contributed by atoms with Crippen molar-refractivity contribution in [3.05, 3.63) is 35.2 Å². The van der Waals surface area contributed by atoms with E-state index >= 15 is 0 Å². The summed E-state index contributed by atoms with van der Waals surface area (Å²) in [5, 5.41) is 2.24. The van der Waals surface area contributed by atoms with Crippen LogP contribution in [-0.4, -0.2) is 38.5 Å². The third kappa shape index (κ3) is 2.62. The number of aromatic nitrogens is 1. The summed E-state index contributed by atoms with van der Waals surface area (Å²) in [5.74, 6) is -0.500. The summed E-state index contributed by atoms with van der Waals surface area (Å²) in [6.07, 6.45) is 1.20. The lowest BCUT2D eigenvalue weighted by Gasteiger charge is -2.24. The van der Waals surface area contributed by atoms with Gasteiger partial charge in [-0.05, 0) is 18.2 Å². The summed E-state index contributed by atoms with van der Waals surface area (Å²) in [5.41, 5.74) is 0.438. The number of pyridine rings is 1. The van der Waals surface area contributed by atoms with Gasteiger partial charge in [-0.25, -0.2) is 12.8 Å². The number of ether oxygens (including phenoxy) is 1. The molecule has 2 aromatic rings. The van der Waals surface area contributed by atoms with Crippen LogP contribution in [0.1, 0.15) is 0 Å². The number of nitrogens with zero attached hydrogens (tertiary/aromatic N) is 1. The molecule has 3 rings (SSSR count). The highest BCUT2D eigenvalue weighted by atomic mass is 35.5. The molecule has 1 aliphatic heterocycles. The first-order valence-electron chi connectivity index (χ1n) is 6.29. The molecular weight excluding hydrogens is 319 g/mol. The number of fused-ring (bicyclic) bond motifs is 1. The Labute approximate surface area is 126 Å². The second-order valence-corrected chi connectivity index (χ2v) is 7.14. The molecule has 1 fully saturated rings. The minimum atomic E-state index is -3.75. The van der Waals surface area contributed by atoms with Gasteiger partial charge in [0.25, 0.3) is 0 Å². The number of nitrogens with one attached hydrogen (secondary N) is 1. The van der Waals surface area contributed by atoms with Gasteiger partial charge in [0.05, 0.1) is 23.8 Å². The first kappa shape index (κ1) is 14.6. The second-order valence-electron chi connectivity index (χ2n) is 4.66. The Morgan fingerprint density at radius 3 is 2.95 bits per heavy atom. The molecule has 0 radical (unpaired) electrons. The van der Waals surface area contributed by atoms with Crippen molar-refractivity contribution in [2.45, 2.75) is 10.3 Å². The van der Waals surface area contributed by atoms with Crippen LogP contribution in [0, 0.1) is 5.82 Å². The Morgan fingerprint density at radius 2 is 2.24 bits per heavy atom. The van der Waals surface area contributed by atoms with E-state index in [-0.39, 0.29) is 21.9 Å². The van der Waals surface area contributed by atoms with Crippen LogP contribution in [0.2, 0.25) is 5.02 Å². The van der Waals surface area contributed by atoms with E-state index in [0.717, 1.165) is 0 Å². The fourth-order valence-corrected chi connectivity index (χ4v) is 4.21. The summed E-state index contributed by atoms with van der Waals surface area (Å²) in [4.78, 5) is 3.93. The summed E-state index contributed by atoms with van der Waals surface area (Å²) in [6.45, 7) is 0.942. The molecule has 0 bridgehead atoms. The lowest BCUT2D eigenvalue weighted by Crippen LogP contribution is -2.46. The zero-order valence-corrected chi connectivity index (χ0v) is 12.4. The zero-order valence-electron chi connectivity index (χ0n) is 10.8. The first-order valence-corrected chi connectivity index (χ1v) is 8.21. The summed E-state index contributed by atoms with van der Waals surface area (Å²) < 4.78 is 43.7. The van der Waals surface area contributed by atoms with Crippen molar-refractivity contribution in [1.29, 1.82) is 0 Å². The molecule has 1 atom stereocenters. The van der Waals surface area contributed by atoms with Gasteiger partial charge < -0.3 is 4.74 Å². The van der Waals surface area contributed by atoms with E-state index in [1.54, 1.807) is 0 Å². The van der Waals surface area contributed by atoms with Crippen LogP contribution in [0.5, 0.6) is 0 Å². The van der Waals surface area contributed by atoms with Crippen molar-refractivity contribution in [3.8, 4) is 0 Å². The lowest BCUT2D eigenvalue weighted by molar-refractivity contribution is 0.0978. The van der Waals surface area contributed by atoms with Crippen LogP contribution in [0.15, 0.2) is 29.3 Å². The van der Waals surface area contributed by atoms with Gasteiger partial charge in [0.2, 0.25) is 0 Å². The lowest BCUT2D eigenvalue weighted by atomic mass is 10.2. The van der Waals surface area contributed by atoms with Gasteiger partial charge in [-0.1, -0.05) is 11.6 Å². The Kier molecular flexibility index (Phi) is 3.83. The molecular formula is C13H12ClFN2O3S. The molecule has 5 nitrogen and oxygen atoms in total. The predicted molar refractivity (Wildman–Crippen MR) is 76.5 cm³/mol. The Morgan fingerprint density at radius 1 is 1.43 bits per heavy atom. The molecule has 21 heavy (non-hydrogen) atoms. The van der Waals surface area contributed by atoms with Crippen molar-refractivity contribution < 1.29 is 17.5 Å². The van der Waals surface area contributed by atoms with Crippen molar-refractivity contribution in [2.24, 2.45) is 0 Å². The highest BCUT2D eigenvalue weighted by Gasteiger charge is 2.32. The number of hydrogen-bond acceptors (Lipinski definition) is 5. The van der Waals surface area contributed by atoms with Gasteiger partial charge in [-0.2, -0.15) is 0 Å². The third-order valence-corrected chi connectivity index (χ3v) is 5.79. The molecule has 0 saturated carbocycles. The summed E-state index contributed by atoms with van der Waals surface area (Å²) in [6, 6.07) is 3.87. The molecule has 1 aromatic heterocycles. The minimum absolute atomic E-state index is 0.0214. The first-order chi connectivity index (χ1) is 10.00. The van der Waals surface area contributed by atoms with Gasteiger partial charge in [0.15, 0.2) is 9.84 Å². The minimum Gasteiger partial charge on any atom is -0.377 e. The monoisotopic (exact) mass is 330 g/mol. The Bertz CT molecular complexity index is 791. The van der Waals surface area contributed by atoms with Crippen molar-refractivity contribution >= 4 is 32.3 Å². The molecule has 1 aliphatic rings. The Balaban J connectivity index is 2.13. The average molecular weight is 331 g/mol. The highest BCUT2D eigenvalue weighted by molar-refractivity contribution is 7.92. The fourth-order valence-electron chi connectivity index (χ4n) is 2.21. The molecule has 1 N–H and O–H groups in total. The summed E-state index contributed by atoms with van der Waals surface area (Å²) >= 11 is 6.16. The molecule has 0 spiro atoms. The second kappa shape index (κ2) is 5.49. The van der Waals surface area contributed by atoms with Crippen LogP contribution < -0.4 is 5.32 Å². The molecule has 1 aromatic carbocycles. The fraction of sp³-hybridized carbons (Fsp3) is 0.308. The van der Waals surface area contributed by atoms with Crippen LogP contribution in [0.25, 0.3) is 10.9 Å². The van der Waals surface area contributed by atoms with E-state index in [1.165, 1.54) is 24.4 Å². The van der Waals surface area contributed by atoms with Gasteiger partial charge in [0.1, 0.15) is 16.1 Å². The molecule has 2 heterocycles. The number of morpholine rings is 1. The highest BCUT2D eigenvalue weighted by Crippen LogP contribution is 2.31. The third-order valence-electron chi connectivity index (χ3n) is 3.30. The predicted octanol–water partition coefficient (Wildman–Crippen LogP) is 1.75. The number of rotatable bonds is 2. The van der Waals surface area contributed by atoms with Gasteiger partial charge in [-0.3, -0.25) is 10.3 Å². The van der Waals surface area contributed by atoms with Crippen LogP contribution in [-0.2, 0) is 14.6 Å². The smallest absolute Gasteiger partial charge is 0.199 e. The number of benzene rings is 1. The number of halogens is 2. The topological polar surface area (TPSA) is 68.3 Å². The van der Waals surface area contributed by atoms with Crippen molar-refractivity contribution in [2.75, 3.05) is 19.8 Å². The van der Waals surface area contributed by atoms with E-state index in [0.29, 0.717) is 18.7 Å². The quantitative estimate of drug-likeness (QED) is 0.908. The SMILES string of the molecule is O=S(=O)(c1cnc2ccc(F)cc2c1Cl)C1COCCN1. The normalized spacial score (nSPS) is 19.8. The molecule has 0 amide bonds. The standard InChI is InChI=1S/C13H12ClFN2O3S/c14-13-9-5-8(15)1-2-10(9)17-6-11(13)21(18,19)12-7-20-4-3-16-12/h1-2,5-6,12,16H,3-4,7H2. The van der Waals surface area contributed by atoms with Crippen molar-refractivity contribution in [3.63, 3.8) is 0 Å². The van der Waals surface area contributed by atoms with Gasteiger partial charge in [-0.15, -0.1) is 0 Å². The van der Waals surface area contributed by atoms with Crippen LogP contribution in [0.4, 0.5) is 4.39 Å². The van der Waals surface area contributed by atoms with Crippen LogP contribution in [0.3, 0.4) is 0 Å². The van der Waals surface area contributed by atoms with E-state index in [9.17, 15) is 12.8 Å². The number of hydrogen-bond donors (Lipinski definition) is 1. The average Bonchev–Trinajstić information content (AvgIpc) is 2.49.